The molecule has 0 atom stereocenters. The summed E-state index contributed by atoms with van der Waals surface area (Å²) in [6.45, 7) is 9.88. The van der Waals surface area contributed by atoms with Crippen LogP contribution in [0.5, 0.6) is 0 Å². The van der Waals surface area contributed by atoms with E-state index in [0.29, 0.717) is 22.3 Å². The number of hydrogen-bond donors (Lipinski definition) is 2. The van der Waals surface area contributed by atoms with Crippen molar-refractivity contribution in [2.24, 2.45) is 0 Å². The van der Waals surface area contributed by atoms with Crippen molar-refractivity contribution in [3.05, 3.63) is 81.1 Å². The lowest BCUT2D eigenvalue weighted by atomic mass is 10.2. The maximum Gasteiger partial charge on any atom is 0.339 e. The Balaban J connectivity index is 0.000000646. The van der Waals surface area contributed by atoms with Crippen molar-refractivity contribution < 1.29 is 43.6 Å². The molecule has 0 bridgehead atoms. The number of esters is 3. The molecule has 0 saturated carbocycles. The van der Waals surface area contributed by atoms with Gasteiger partial charge in [0.05, 0.1) is 17.7 Å². The first-order valence-electron chi connectivity index (χ1n) is 11.0. The molecule has 2 N–H and O–H groups in total. The van der Waals surface area contributed by atoms with E-state index in [-0.39, 0.29) is 26.4 Å². The van der Waals surface area contributed by atoms with Crippen LogP contribution in [0.2, 0.25) is 0 Å². The summed E-state index contributed by atoms with van der Waals surface area (Å²) in [4.78, 5) is 44.3. The maximum atomic E-state index is 12.0. The Kier molecular flexibility index (Phi) is 21.9. The highest BCUT2D eigenvalue weighted by Gasteiger charge is 2.15. The van der Waals surface area contributed by atoms with E-state index >= 15 is 0 Å². The topological polar surface area (TPSA) is 136 Å². The molecule has 0 aliphatic rings. The molecule has 0 saturated heterocycles. The SMILES string of the molecule is C=C(C)C(=O)OCCO.C=C(C)C(=O)OCCOC(=O)c1cc(I)cc(I)c1I.O=C(O)c1cc(I)cc(I)c1I. The Labute approximate surface area is 319 Å². The fraction of sp³-hybridized carbons (Fsp3) is 0.231. The van der Waals surface area contributed by atoms with Crippen molar-refractivity contribution in [3.63, 3.8) is 0 Å². The molecule has 224 valence electrons. The highest BCUT2D eigenvalue weighted by atomic mass is 127. The molecule has 0 amide bonds. The second-order valence-corrected chi connectivity index (χ2v) is 14.5. The number of halogens is 6. The number of aliphatic hydroxyl groups excluding tert-OH is 1. The maximum absolute atomic E-state index is 12.0. The molecular weight excluding hydrogens is 1220 g/mol. The van der Waals surface area contributed by atoms with Crippen LogP contribution in [0, 0.1) is 21.4 Å². The fourth-order valence-corrected chi connectivity index (χ4v) is 6.91. The van der Waals surface area contributed by atoms with Crippen LogP contribution >= 0.6 is 136 Å². The van der Waals surface area contributed by atoms with E-state index in [4.69, 9.17) is 19.7 Å². The summed E-state index contributed by atoms with van der Waals surface area (Å²) >= 11 is 12.7. The number of hydrogen-bond acceptors (Lipinski definition) is 8. The van der Waals surface area contributed by atoms with E-state index in [0.717, 1.165) is 21.4 Å². The van der Waals surface area contributed by atoms with Crippen LogP contribution in [0.4, 0.5) is 0 Å². The first-order valence-corrected chi connectivity index (χ1v) is 17.5. The summed E-state index contributed by atoms with van der Waals surface area (Å²) in [6.07, 6.45) is 0. The van der Waals surface area contributed by atoms with Gasteiger partial charge in [0.2, 0.25) is 0 Å². The molecule has 0 heterocycles. The lowest BCUT2D eigenvalue weighted by Gasteiger charge is -2.09. The van der Waals surface area contributed by atoms with Gasteiger partial charge in [0, 0.05) is 32.6 Å². The minimum absolute atomic E-state index is 0.0228. The lowest BCUT2D eigenvalue weighted by molar-refractivity contribution is -0.140. The van der Waals surface area contributed by atoms with Gasteiger partial charge in [-0.15, -0.1) is 0 Å². The number of aromatic carboxylic acids is 1. The summed E-state index contributed by atoms with van der Waals surface area (Å²) in [6, 6.07) is 7.38. The molecule has 2 aromatic rings. The number of ether oxygens (including phenoxy) is 3. The predicted molar refractivity (Wildman–Crippen MR) is 205 cm³/mol. The molecule has 41 heavy (non-hydrogen) atoms. The minimum atomic E-state index is -0.865. The van der Waals surface area contributed by atoms with E-state index < -0.39 is 23.9 Å². The fourth-order valence-electron chi connectivity index (χ4n) is 2.15. The zero-order chi connectivity index (χ0) is 31.9. The molecule has 0 aromatic heterocycles. The Morgan fingerprint density at radius 3 is 1.49 bits per heavy atom. The summed E-state index contributed by atoms with van der Waals surface area (Å²) in [5.74, 6) is -2.23. The van der Waals surface area contributed by atoms with E-state index in [2.05, 4.69) is 131 Å². The molecular formula is C26H24I6O9. The van der Waals surface area contributed by atoms with Crippen LogP contribution in [0.25, 0.3) is 0 Å². The van der Waals surface area contributed by atoms with Crippen molar-refractivity contribution >= 4 is 159 Å². The van der Waals surface area contributed by atoms with Gasteiger partial charge in [-0.25, -0.2) is 19.2 Å². The molecule has 9 nitrogen and oxygen atoms in total. The van der Waals surface area contributed by atoms with Gasteiger partial charge in [0.15, 0.2) is 0 Å². The Hall–Kier alpha value is 0.140. The van der Waals surface area contributed by atoms with Gasteiger partial charge in [-0.05, 0) is 174 Å². The van der Waals surface area contributed by atoms with Gasteiger partial charge in [-0.2, -0.15) is 0 Å². The third-order valence-electron chi connectivity index (χ3n) is 4.01. The Bertz CT molecular complexity index is 1290. The standard InChI is InChI=1S/C13H11I3O4.C7H3I3O2.C6H10O3/c1-7(2)12(17)19-3-4-20-13(18)9-5-8(14)6-10(15)11(9)16;8-3-1-4(7(11)12)6(10)5(9)2-3;1-5(2)6(8)9-4-3-7/h5-6H,1,3-4H2,2H3;1-2H,(H,11,12);7H,1,3-4H2,2H3. The number of rotatable bonds is 9. The lowest BCUT2D eigenvalue weighted by Crippen LogP contribution is -2.15. The summed E-state index contributed by atoms with van der Waals surface area (Å²) < 4.78 is 20.0. The summed E-state index contributed by atoms with van der Waals surface area (Å²) in [7, 11) is 0. The summed E-state index contributed by atoms with van der Waals surface area (Å²) in [5, 5.41) is 17.0. The van der Waals surface area contributed by atoms with Crippen molar-refractivity contribution in [2.45, 2.75) is 13.8 Å². The largest absolute Gasteiger partial charge is 0.478 e. The van der Waals surface area contributed by atoms with Crippen LogP contribution < -0.4 is 0 Å². The number of carboxylic acids is 1. The molecule has 0 fully saturated rings. The van der Waals surface area contributed by atoms with Gasteiger partial charge < -0.3 is 24.4 Å². The van der Waals surface area contributed by atoms with E-state index in [1.165, 1.54) is 0 Å². The number of aliphatic hydroxyl groups is 1. The second-order valence-electron chi connectivity index (χ2n) is 7.50. The van der Waals surface area contributed by atoms with Crippen molar-refractivity contribution in [3.8, 4) is 0 Å². The van der Waals surface area contributed by atoms with Gasteiger partial charge in [0.25, 0.3) is 0 Å². The monoisotopic (exact) mass is 1240 g/mol. The van der Waals surface area contributed by atoms with E-state index in [1.54, 1.807) is 26.0 Å². The first-order chi connectivity index (χ1) is 19.0. The molecule has 0 aliphatic heterocycles. The normalized spacial score (nSPS) is 9.68. The van der Waals surface area contributed by atoms with E-state index in [9.17, 15) is 19.2 Å². The zero-order valence-corrected chi connectivity index (χ0v) is 34.5. The first kappa shape index (κ1) is 41.1. The number of carbonyl (C=O) groups excluding carboxylic acids is 3. The van der Waals surface area contributed by atoms with Crippen LogP contribution in [0.3, 0.4) is 0 Å². The molecule has 2 aromatic carbocycles. The quantitative estimate of drug-likeness (QED) is 0.0675. The highest BCUT2D eigenvalue weighted by molar-refractivity contribution is 14.1. The number of benzene rings is 2. The molecule has 0 aliphatic carbocycles. The third-order valence-corrected chi connectivity index (χ3v) is 11.3. The van der Waals surface area contributed by atoms with Crippen LogP contribution in [-0.2, 0) is 23.8 Å². The van der Waals surface area contributed by atoms with Crippen molar-refractivity contribution in [1.82, 2.24) is 0 Å². The van der Waals surface area contributed by atoms with Crippen molar-refractivity contribution in [2.75, 3.05) is 26.4 Å². The number of carbonyl (C=O) groups is 4. The smallest absolute Gasteiger partial charge is 0.339 e. The second kappa shape index (κ2) is 21.8. The average Bonchev–Trinajstić information content (AvgIpc) is 2.89. The van der Waals surface area contributed by atoms with Gasteiger partial charge in [-0.1, -0.05) is 13.2 Å². The highest BCUT2D eigenvalue weighted by Crippen LogP contribution is 2.24. The molecule has 0 radical (unpaired) electrons. The molecule has 2 rings (SSSR count). The van der Waals surface area contributed by atoms with Crippen molar-refractivity contribution in [1.29, 1.82) is 0 Å². The third kappa shape index (κ3) is 16.7. The van der Waals surface area contributed by atoms with Gasteiger partial charge in [0.1, 0.15) is 19.8 Å². The zero-order valence-electron chi connectivity index (χ0n) is 21.6. The molecule has 15 heteroatoms. The van der Waals surface area contributed by atoms with Crippen LogP contribution in [-0.4, -0.2) is 60.5 Å². The molecule has 0 unspecified atom stereocenters. The number of carboxylic acid groups (broad SMARTS) is 1. The Morgan fingerprint density at radius 2 is 1.07 bits per heavy atom. The average molecular weight is 1240 g/mol. The summed E-state index contributed by atoms with van der Waals surface area (Å²) in [5.41, 5.74) is 1.57. The van der Waals surface area contributed by atoms with Crippen LogP contribution in [0.1, 0.15) is 34.6 Å². The van der Waals surface area contributed by atoms with Gasteiger partial charge >= 0.3 is 23.9 Å². The van der Waals surface area contributed by atoms with Crippen LogP contribution in [0.15, 0.2) is 48.6 Å². The predicted octanol–water partition coefficient (Wildman–Crippen LogP) is 7.07. The Morgan fingerprint density at radius 1 is 0.683 bits per heavy atom. The molecule has 0 spiro atoms. The van der Waals surface area contributed by atoms with E-state index in [1.807, 2.05) is 34.7 Å². The minimum Gasteiger partial charge on any atom is -0.478 e. The van der Waals surface area contributed by atoms with Gasteiger partial charge in [-0.3, -0.25) is 0 Å².